The highest BCUT2D eigenvalue weighted by Gasteiger charge is 2.22. The number of hydrogen-bond donors (Lipinski definition) is 2. The topological polar surface area (TPSA) is 58.2 Å². The second-order valence-corrected chi connectivity index (χ2v) is 5.33. The Hall–Kier alpha value is -1.59. The molecule has 1 atom stereocenters. The third-order valence-electron chi connectivity index (χ3n) is 2.61. The van der Waals surface area contributed by atoms with Crippen LogP contribution in [0.2, 0.25) is 0 Å². The van der Waals surface area contributed by atoms with Gasteiger partial charge < -0.3 is 10.6 Å². The van der Waals surface area contributed by atoms with Gasteiger partial charge in [-0.15, -0.1) is 6.58 Å². The molecule has 1 aromatic carbocycles. The van der Waals surface area contributed by atoms with Gasteiger partial charge in [-0.2, -0.15) is 0 Å². The number of carbonyl (C=O) groups excluding carboxylic acids is 2. The van der Waals surface area contributed by atoms with Crippen LogP contribution in [0.15, 0.2) is 36.9 Å². The Morgan fingerprint density at radius 1 is 1.24 bits per heavy atom. The molecule has 0 bridgehead atoms. The summed E-state index contributed by atoms with van der Waals surface area (Å²) < 4.78 is 12.8. The average molecular weight is 333 g/mol. The molecule has 0 spiro atoms. The van der Waals surface area contributed by atoms with E-state index in [1.165, 1.54) is 18.2 Å². The van der Waals surface area contributed by atoms with E-state index in [1.54, 1.807) is 12.1 Å². The minimum Gasteiger partial charge on any atom is -0.350 e. The Balaban J connectivity index is 2.58. The summed E-state index contributed by atoms with van der Waals surface area (Å²) in [5, 5.41) is 5.05. The standard InChI is InChI=1S/C14H15Cl2FN2O2/c1-2-3-11(19-14(21)12(15)16)13(20)18-8-9-4-6-10(17)7-5-9/h2,4-7,11-12H,1,3,8H2,(H,18,20)(H,19,21)/t11-/m0/s1. The molecule has 7 heteroatoms. The lowest BCUT2D eigenvalue weighted by Crippen LogP contribution is -2.47. The minimum atomic E-state index is -1.25. The molecular weight excluding hydrogens is 318 g/mol. The van der Waals surface area contributed by atoms with Gasteiger partial charge in [0.2, 0.25) is 5.91 Å². The average Bonchev–Trinajstić information content (AvgIpc) is 2.45. The summed E-state index contributed by atoms with van der Waals surface area (Å²) in [5.74, 6) is -1.40. The fourth-order valence-electron chi connectivity index (χ4n) is 1.55. The van der Waals surface area contributed by atoms with Gasteiger partial charge in [0.05, 0.1) is 0 Å². The van der Waals surface area contributed by atoms with Gasteiger partial charge in [-0.3, -0.25) is 9.59 Å². The van der Waals surface area contributed by atoms with Crippen LogP contribution < -0.4 is 10.6 Å². The van der Waals surface area contributed by atoms with Gasteiger partial charge in [0.1, 0.15) is 11.9 Å². The second kappa shape index (κ2) is 8.64. The van der Waals surface area contributed by atoms with Gasteiger partial charge in [-0.1, -0.05) is 41.4 Å². The van der Waals surface area contributed by atoms with Crippen LogP contribution in [-0.4, -0.2) is 22.7 Å². The number of nitrogens with one attached hydrogen (secondary N) is 2. The van der Waals surface area contributed by atoms with Crippen molar-refractivity contribution in [1.82, 2.24) is 10.6 Å². The third-order valence-corrected chi connectivity index (χ3v) is 3.01. The van der Waals surface area contributed by atoms with Crippen molar-refractivity contribution in [3.05, 3.63) is 48.3 Å². The molecule has 0 unspecified atom stereocenters. The Bertz CT molecular complexity index is 506. The zero-order valence-corrected chi connectivity index (χ0v) is 12.6. The quantitative estimate of drug-likeness (QED) is 0.594. The van der Waals surface area contributed by atoms with Crippen LogP contribution in [-0.2, 0) is 16.1 Å². The highest BCUT2D eigenvalue weighted by Crippen LogP contribution is 2.05. The third kappa shape index (κ3) is 6.14. The largest absolute Gasteiger partial charge is 0.350 e. The molecule has 1 rings (SSSR count). The molecule has 1 aromatic rings. The lowest BCUT2D eigenvalue weighted by Gasteiger charge is -2.17. The lowest BCUT2D eigenvalue weighted by molar-refractivity contribution is -0.128. The fraction of sp³-hybridized carbons (Fsp3) is 0.286. The van der Waals surface area contributed by atoms with Crippen molar-refractivity contribution in [3.8, 4) is 0 Å². The van der Waals surface area contributed by atoms with Gasteiger partial charge >= 0.3 is 0 Å². The first-order chi connectivity index (χ1) is 9.93. The Labute approximate surface area is 132 Å². The number of alkyl halides is 2. The molecule has 0 aliphatic rings. The monoisotopic (exact) mass is 332 g/mol. The Morgan fingerprint density at radius 2 is 1.86 bits per heavy atom. The number of carbonyl (C=O) groups is 2. The number of hydrogen-bond acceptors (Lipinski definition) is 2. The molecule has 114 valence electrons. The van der Waals surface area contributed by atoms with Crippen molar-refractivity contribution in [2.75, 3.05) is 0 Å². The van der Waals surface area contributed by atoms with Gasteiger partial charge in [0, 0.05) is 6.54 Å². The normalized spacial score (nSPS) is 11.8. The van der Waals surface area contributed by atoms with Gasteiger partial charge in [0.15, 0.2) is 4.84 Å². The van der Waals surface area contributed by atoms with E-state index < -0.39 is 22.7 Å². The van der Waals surface area contributed by atoms with E-state index in [9.17, 15) is 14.0 Å². The lowest BCUT2D eigenvalue weighted by atomic mass is 10.1. The molecular formula is C14H15Cl2FN2O2. The van der Waals surface area contributed by atoms with Crippen LogP contribution in [0.1, 0.15) is 12.0 Å². The van der Waals surface area contributed by atoms with Crippen molar-refractivity contribution in [3.63, 3.8) is 0 Å². The zero-order valence-electron chi connectivity index (χ0n) is 11.1. The SMILES string of the molecule is C=CC[C@H](NC(=O)C(Cl)Cl)C(=O)NCc1ccc(F)cc1. The first-order valence-electron chi connectivity index (χ1n) is 6.15. The van der Waals surface area contributed by atoms with Gasteiger partial charge in [-0.05, 0) is 24.1 Å². The number of halogens is 3. The summed E-state index contributed by atoms with van der Waals surface area (Å²) in [6.07, 6.45) is 1.74. The van der Waals surface area contributed by atoms with E-state index in [0.29, 0.717) is 0 Å². The molecule has 0 aromatic heterocycles. The van der Waals surface area contributed by atoms with Crippen LogP contribution >= 0.6 is 23.2 Å². The highest BCUT2D eigenvalue weighted by molar-refractivity contribution is 6.53. The van der Waals surface area contributed by atoms with Crippen molar-refractivity contribution < 1.29 is 14.0 Å². The van der Waals surface area contributed by atoms with Crippen LogP contribution in [0.5, 0.6) is 0 Å². The summed E-state index contributed by atoms with van der Waals surface area (Å²) in [6, 6.07) is 4.91. The molecule has 0 aliphatic carbocycles. The number of benzene rings is 1. The summed E-state index contributed by atoms with van der Waals surface area (Å²) in [6.45, 7) is 3.74. The van der Waals surface area contributed by atoms with E-state index in [0.717, 1.165) is 5.56 Å². The molecule has 0 fully saturated rings. The molecule has 0 saturated heterocycles. The molecule has 0 aliphatic heterocycles. The maximum atomic E-state index is 12.8. The van der Waals surface area contributed by atoms with Crippen LogP contribution in [0, 0.1) is 5.82 Å². The first kappa shape index (κ1) is 17.5. The van der Waals surface area contributed by atoms with Crippen LogP contribution in [0.3, 0.4) is 0 Å². The predicted octanol–water partition coefficient (Wildman–Crippen LogP) is 2.31. The fourth-order valence-corrected chi connectivity index (χ4v) is 1.67. The van der Waals surface area contributed by atoms with E-state index in [2.05, 4.69) is 17.2 Å². The van der Waals surface area contributed by atoms with E-state index >= 15 is 0 Å². The number of rotatable bonds is 7. The molecule has 0 radical (unpaired) electrons. The first-order valence-corrected chi connectivity index (χ1v) is 7.03. The van der Waals surface area contributed by atoms with E-state index in [1.807, 2.05) is 0 Å². The summed E-state index contributed by atoms with van der Waals surface area (Å²) in [5.41, 5.74) is 0.737. The maximum absolute atomic E-state index is 12.8. The minimum absolute atomic E-state index is 0.216. The van der Waals surface area contributed by atoms with Crippen LogP contribution in [0.4, 0.5) is 4.39 Å². The van der Waals surface area contributed by atoms with E-state index in [-0.39, 0.29) is 18.8 Å². The van der Waals surface area contributed by atoms with Crippen molar-refractivity contribution in [2.45, 2.75) is 23.8 Å². The van der Waals surface area contributed by atoms with Gasteiger partial charge in [-0.25, -0.2) is 4.39 Å². The summed E-state index contributed by atoms with van der Waals surface area (Å²) in [7, 11) is 0. The maximum Gasteiger partial charge on any atom is 0.253 e. The Morgan fingerprint density at radius 3 is 2.38 bits per heavy atom. The zero-order chi connectivity index (χ0) is 15.8. The smallest absolute Gasteiger partial charge is 0.253 e. The molecule has 2 N–H and O–H groups in total. The van der Waals surface area contributed by atoms with Crippen molar-refractivity contribution >= 4 is 35.0 Å². The molecule has 0 heterocycles. The Kier molecular flexibility index (Phi) is 7.19. The molecule has 21 heavy (non-hydrogen) atoms. The summed E-state index contributed by atoms with van der Waals surface area (Å²) in [4.78, 5) is 22.2. The van der Waals surface area contributed by atoms with Crippen molar-refractivity contribution in [2.24, 2.45) is 0 Å². The van der Waals surface area contributed by atoms with Crippen LogP contribution in [0.25, 0.3) is 0 Å². The van der Waals surface area contributed by atoms with Crippen molar-refractivity contribution in [1.29, 1.82) is 0 Å². The number of amides is 2. The van der Waals surface area contributed by atoms with E-state index in [4.69, 9.17) is 23.2 Å². The van der Waals surface area contributed by atoms with Gasteiger partial charge in [0.25, 0.3) is 5.91 Å². The molecule has 0 saturated carbocycles. The highest BCUT2D eigenvalue weighted by atomic mass is 35.5. The second-order valence-electron chi connectivity index (χ2n) is 4.23. The summed E-state index contributed by atoms with van der Waals surface area (Å²) >= 11 is 10.9. The molecule has 4 nitrogen and oxygen atoms in total. The molecule has 2 amide bonds. The predicted molar refractivity (Wildman–Crippen MR) is 80.5 cm³/mol.